The molecule has 138 valence electrons. The fourth-order valence-corrected chi connectivity index (χ4v) is 3.00. The monoisotopic (exact) mass is 363 g/mol. The van der Waals surface area contributed by atoms with Gasteiger partial charge in [-0.3, -0.25) is 4.79 Å². The molecule has 0 spiro atoms. The van der Waals surface area contributed by atoms with Crippen molar-refractivity contribution in [3.63, 3.8) is 0 Å². The number of carbonyl (C=O) groups is 1. The summed E-state index contributed by atoms with van der Waals surface area (Å²) < 4.78 is 15.5. The van der Waals surface area contributed by atoms with Crippen LogP contribution in [0.1, 0.15) is 21.6 Å². The quantitative estimate of drug-likeness (QED) is 0.590. The molecule has 4 nitrogen and oxygen atoms in total. The lowest BCUT2D eigenvalue weighted by Crippen LogP contribution is -2.33. The van der Waals surface area contributed by atoms with Crippen LogP contribution in [0.2, 0.25) is 0 Å². The van der Waals surface area contributed by atoms with Crippen molar-refractivity contribution >= 4 is 5.91 Å². The molecule has 0 fully saturated rings. The minimum absolute atomic E-state index is 0.133. The van der Waals surface area contributed by atoms with Crippen LogP contribution in [-0.2, 0) is 6.42 Å². The van der Waals surface area contributed by atoms with Crippen molar-refractivity contribution in [1.29, 1.82) is 0 Å². The first-order chi connectivity index (χ1) is 13.1. The van der Waals surface area contributed by atoms with Crippen LogP contribution in [0.15, 0.2) is 73.4 Å². The summed E-state index contributed by atoms with van der Waals surface area (Å²) in [6, 6.07) is 16.4. The molecule has 0 saturated carbocycles. The van der Waals surface area contributed by atoms with Crippen LogP contribution in [0.25, 0.3) is 5.69 Å². The molecule has 0 radical (unpaired) electrons. The maximum atomic E-state index is 14.1. The number of nitrogens with zero attached hydrogens (tertiary/aromatic N) is 3. The summed E-state index contributed by atoms with van der Waals surface area (Å²) in [6.45, 7) is 6.54. The van der Waals surface area contributed by atoms with Crippen molar-refractivity contribution in [2.45, 2.75) is 13.3 Å². The first kappa shape index (κ1) is 18.6. The van der Waals surface area contributed by atoms with Gasteiger partial charge in [0.25, 0.3) is 5.91 Å². The van der Waals surface area contributed by atoms with E-state index in [1.165, 1.54) is 16.9 Å². The minimum atomic E-state index is -0.380. The number of rotatable bonds is 7. The van der Waals surface area contributed by atoms with Crippen molar-refractivity contribution < 1.29 is 9.18 Å². The Balaban J connectivity index is 1.82. The molecular weight excluding hydrogens is 341 g/mol. The van der Waals surface area contributed by atoms with E-state index in [-0.39, 0.29) is 11.7 Å². The van der Waals surface area contributed by atoms with Crippen LogP contribution in [0.3, 0.4) is 0 Å². The van der Waals surface area contributed by atoms with Gasteiger partial charge in [0.1, 0.15) is 11.5 Å². The molecule has 0 bridgehead atoms. The van der Waals surface area contributed by atoms with E-state index >= 15 is 0 Å². The average molecular weight is 363 g/mol. The molecule has 1 heterocycles. The summed E-state index contributed by atoms with van der Waals surface area (Å²) in [5, 5.41) is 4.23. The number of benzene rings is 2. The van der Waals surface area contributed by atoms with Gasteiger partial charge >= 0.3 is 0 Å². The second-order valence-corrected chi connectivity index (χ2v) is 6.28. The Morgan fingerprint density at radius 2 is 1.89 bits per heavy atom. The summed E-state index contributed by atoms with van der Waals surface area (Å²) in [5.41, 5.74) is 2.57. The van der Waals surface area contributed by atoms with Crippen LogP contribution in [0.5, 0.6) is 0 Å². The highest BCUT2D eigenvalue weighted by Crippen LogP contribution is 2.18. The van der Waals surface area contributed by atoms with Gasteiger partial charge in [0.05, 0.1) is 17.5 Å². The predicted molar refractivity (Wildman–Crippen MR) is 105 cm³/mol. The molecule has 2 aromatic carbocycles. The van der Waals surface area contributed by atoms with Crippen LogP contribution in [0, 0.1) is 12.7 Å². The van der Waals surface area contributed by atoms with Crippen molar-refractivity contribution in [3.8, 4) is 5.69 Å². The Morgan fingerprint density at radius 3 is 2.59 bits per heavy atom. The van der Waals surface area contributed by atoms with Gasteiger partial charge in [0, 0.05) is 13.1 Å². The Kier molecular flexibility index (Phi) is 5.81. The predicted octanol–water partition coefficient (Wildman–Crippen LogP) is 4.19. The number of aromatic nitrogens is 2. The molecule has 27 heavy (non-hydrogen) atoms. The third kappa shape index (κ3) is 4.14. The molecule has 0 unspecified atom stereocenters. The van der Waals surface area contributed by atoms with Gasteiger partial charge in [-0.2, -0.15) is 5.10 Å². The Labute approximate surface area is 158 Å². The summed E-state index contributed by atoms with van der Waals surface area (Å²) >= 11 is 0. The second-order valence-electron chi connectivity index (χ2n) is 6.28. The zero-order valence-corrected chi connectivity index (χ0v) is 15.3. The number of carbonyl (C=O) groups excluding carboxylic acids is 1. The lowest BCUT2D eigenvalue weighted by atomic mass is 10.1. The molecule has 3 rings (SSSR count). The van der Waals surface area contributed by atoms with E-state index in [4.69, 9.17) is 0 Å². The normalized spacial score (nSPS) is 10.6. The molecule has 1 amide bonds. The number of hydrogen-bond donors (Lipinski definition) is 0. The molecule has 5 heteroatoms. The molecule has 0 aliphatic rings. The molecule has 0 N–H and O–H groups in total. The van der Waals surface area contributed by atoms with Crippen LogP contribution in [-0.4, -0.2) is 33.7 Å². The fraction of sp³-hybridized carbons (Fsp3) is 0.182. The van der Waals surface area contributed by atoms with E-state index in [9.17, 15) is 9.18 Å². The zero-order chi connectivity index (χ0) is 19.2. The van der Waals surface area contributed by atoms with Gasteiger partial charge < -0.3 is 4.90 Å². The maximum Gasteiger partial charge on any atom is 0.257 e. The largest absolute Gasteiger partial charge is 0.334 e. The number of amides is 1. The number of hydrogen-bond acceptors (Lipinski definition) is 2. The summed E-state index contributed by atoms with van der Waals surface area (Å²) in [7, 11) is 0. The Morgan fingerprint density at radius 1 is 1.19 bits per heavy atom. The van der Waals surface area contributed by atoms with E-state index in [2.05, 4.69) is 11.7 Å². The molecular formula is C22H22FN3O. The first-order valence-corrected chi connectivity index (χ1v) is 8.85. The smallest absolute Gasteiger partial charge is 0.257 e. The molecule has 0 aliphatic carbocycles. The van der Waals surface area contributed by atoms with Crippen molar-refractivity contribution in [1.82, 2.24) is 14.7 Å². The van der Waals surface area contributed by atoms with Gasteiger partial charge in [-0.1, -0.05) is 48.5 Å². The lowest BCUT2D eigenvalue weighted by molar-refractivity contribution is 0.0775. The van der Waals surface area contributed by atoms with Gasteiger partial charge in [0.15, 0.2) is 0 Å². The number of para-hydroxylation sites is 1. The Bertz CT molecular complexity index is 934. The third-order valence-corrected chi connectivity index (χ3v) is 4.47. The van der Waals surface area contributed by atoms with E-state index in [0.717, 1.165) is 12.0 Å². The molecule has 3 aromatic rings. The summed E-state index contributed by atoms with van der Waals surface area (Å²) in [4.78, 5) is 14.8. The summed E-state index contributed by atoms with van der Waals surface area (Å²) in [5.74, 6) is -0.513. The lowest BCUT2D eigenvalue weighted by Gasteiger charge is -2.21. The van der Waals surface area contributed by atoms with Gasteiger partial charge in [-0.05, 0) is 31.0 Å². The molecule has 0 aliphatic heterocycles. The van der Waals surface area contributed by atoms with Gasteiger partial charge in [-0.25, -0.2) is 9.07 Å². The highest BCUT2D eigenvalue weighted by atomic mass is 19.1. The highest BCUT2D eigenvalue weighted by molar-refractivity contribution is 5.95. The standard InChI is InChI=1S/C22H22FN3O/c1-3-14-25(15-13-18-9-5-4-6-10-18)22(27)19-16-24-26(17(19)2)21-12-8-7-11-20(21)23/h3-12,16H,1,13-15H2,2H3. The van der Waals surface area contributed by atoms with E-state index in [0.29, 0.717) is 30.0 Å². The first-order valence-electron chi connectivity index (χ1n) is 8.85. The maximum absolute atomic E-state index is 14.1. The van der Waals surface area contributed by atoms with Gasteiger partial charge in [-0.15, -0.1) is 6.58 Å². The zero-order valence-electron chi connectivity index (χ0n) is 15.3. The van der Waals surface area contributed by atoms with Crippen LogP contribution in [0.4, 0.5) is 4.39 Å². The minimum Gasteiger partial charge on any atom is -0.334 e. The third-order valence-electron chi connectivity index (χ3n) is 4.47. The SMILES string of the molecule is C=CCN(CCc1ccccc1)C(=O)c1cnn(-c2ccccc2F)c1C. The topological polar surface area (TPSA) is 38.1 Å². The van der Waals surface area contributed by atoms with Gasteiger partial charge in [0.2, 0.25) is 0 Å². The number of halogens is 1. The Hall–Kier alpha value is -3.21. The van der Waals surface area contributed by atoms with E-state index in [1.807, 2.05) is 30.3 Å². The van der Waals surface area contributed by atoms with E-state index in [1.54, 1.807) is 36.1 Å². The molecule has 0 atom stereocenters. The highest BCUT2D eigenvalue weighted by Gasteiger charge is 2.21. The molecule has 1 aromatic heterocycles. The van der Waals surface area contributed by atoms with Crippen molar-refractivity contribution in [2.75, 3.05) is 13.1 Å². The van der Waals surface area contributed by atoms with Crippen molar-refractivity contribution in [3.05, 3.63) is 96.1 Å². The van der Waals surface area contributed by atoms with Crippen LogP contribution < -0.4 is 0 Å². The second kappa shape index (κ2) is 8.45. The van der Waals surface area contributed by atoms with Crippen molar-refractivity contribution in [2.24, 2.45) is 0 Å². The van der Waals surface area contributed by atoms with E-state index < -0.39 is 0 Å². The van der Waals surface area contributed by atoms with Crippen LogP contribution >= 0.6 is 0 Å². The molecule has 0 saturated heterocycles. The average Bonchev–Trinajstić information content (AvgIpc) is 3.07. The fourth-order valence-electron chi connectivity index (χ4n) is 3.00. The summed E-state index contributed by atoms with van der Waals surface area (Å²) in [6.07, 6.45) is 3.96.